The molecule has 2 aromatic rings. The molecule has 3 rings (SSSR count). The van der Waals surface area contributed by atoms with E-state index in [0.29, 0.717) is 28.4 Å². The Labute approximate surface area is 180 Å². The fourth-order valence-corrected chi connectivity index (χ4v) is 3.79. The van der Waals surface area contributed by atoms with E-state index in [0.717, 1.165) is 4.90 Å². The Hall–Kier alpha value is -3.19. The first-order valence-corrected chi connectivity index (χ1v) is 10.4. The van der Waals surface area contributed by atoms with Gasteiger partial charge in [0.2, 0.25) is 0 Å². The maximum atomic E-state index is 13.4. The minimum absolute atomic E-state index is 0.231. The zero-order valence-electron chi connectivity index (χ0n) is 17.5. The molecular formula is C23H23NO5S. The first kappa shape index (κ1) is 21.5. The first-order chi connectivity index (χ1) is 14.4. The lowest BCUT2D eigenvalue weighted by Gasteiger charge is -2.18. The van der Waals surface area contributed by atoms with Crippen LogP contribution >= 0.6 is 11.8 Å². The van der Waals surface area contributed by atoms with Crippen LogP contribution in [0.2, 0.25) is 0 Å². The number of carbonyl (C=O) groups is 2. The summed E-state index contributed by atoms with van der Waals surface area (Å²) in [6.07, 6.45) is 3.61. The number of benzene rings is 2. The molecule has 0 fully saturated rings. The van der Waals surface area contributed by atoms with Crippen molar-refractivity contribution in [2.24, 2.45) is 0 Å². The van der Waals surface area contributed by atoms with E-state index in [2.05, 4.69) is 0 Å². The Balaban J connectivity index is 2.16. The molecule has 0 radical (unpaired) electrons. The maximum Gasteiger partial charge on any atom is 0.340 e. The third-order valence-electron chi connectivity index (χ3n) is 4.84. The fourth-order valence-electron chi connectivity index (χ4n) is 3.33. The van der Waals surface area contributed by atoms with Crippen molar-refractivity contribution >= 4 is 35.4 Å². The van der Waals surface area contributed by atoms with Crippen LogP contribution in [0.1, 0.15) is 12.5 Å². The van der Waals surface area contributed by atoms with Crippen LogP contribution in [0.4, 0.5) is 5.69 Å². The Morgan fingerprint density at radius 3 is 2.47 bits per heavy atom. The Morgan fingerprint density at radius 2 is 1.83 bits per heavy atom. The van der Waals surface area contributed by atoms with Crippen molar-refractivity contribution in [3.8, 4) is 11.5 Å². The minimum atomic E-state index is -0.567. The molecule has 0 aliphatic carbocycles. The number of esters is 1. The van der Waals surface area contributed by atoms with Gasteiger partial charge in [0.15, 0.2) is 0 Å². The van der Waals surface area contributed by atoms with Crippen LogP contribution in [0.3, 0.4) is 0 Å². The molecule has 1 amide bonds. The van der Waals surface area contributed by atoms with Gasteiger partial charge in [0, 0.05) is 22.2 Å². The third kappa shape index (κ3) is 3.93. The van der Waals surface area contributed by atoms with Gasteiger partial charge in [-0.2, -0.15) is 0 Å². The molecule has 156 valence electrons. The number of allylic oxidation sites excluding steroid dienone is 1. The van der Waals surface area contributed by atoms with Crippen LogP contribution < -0.4 is 14.4 Å². The standard InChI is InChI=1S/C23H23NO5S/c1-14-21(23(26)29-4)19(11-15-9-10-17(27-2)13-20(15)28-3)22(25)24(14)16-7-6-8-18(12-16)30-5/h6-13H,1-5H3/b19-11-. The molecule has 1 heterocycles. The Morgan fingerprint density at radius 1 is 1.07 bits per heavy atom. The number of ether oxygens (including phenoxy) is 3. The van der Waals surface area contributed by atoms with Crippen LogP contribution in [0.25, 0.3) is 6.08 Å². The summed E-state index contributed by atoms with van der Waals surface area (Å²) in [6, 6.07) is 12.9. The average molecular weight is 426 g/mol. The molecule has 0 spiro atoms. The average Bonchev–Trinajstić information content (AvgIpc) is 3.02. The fraction of sp³-hybridized carbons (Fsp3) is 0.217. The number of carbonyl (C=O) groups excluding carboxylic acids is 2. The van der Waals surface area contributed by atoms with Crippen molar-refractivity contribution in [3.05, 3.63) is 64.9 Å². The van der Waals surface area contributed by atoms with Gasteiger partial charge in [0.25, 0.3) is 5.91 Å². The number of anilines is 1. The first-order valence-electron chi connectivity index (χ1n) is 9.17. The molecule has 30 heavy (non-hydrogen) atoms. The second-order valence-corrected chi connectivity index (χ2v) is 7.34. The van der Waals surface area contributed by atoms with Gasteiger partial charge in [-0.25, -0.2) is 4.79 Å². The smallest absolute Gasteiger partial charge is 0.340 e. The van der Waals surface area contributed by atoms with Crippen LogP contribution in [0.15, 0.2) is 64.2 Å². The number of hydrogen-bond acceptors (Lipinski definition) is 6. The van der Waals surface area contributed by atoms with Gasteiger partial charge < -0.3 is 14.2 Å². The van der Waals surface area contributed by atoms with Gasteiger partial charge in [-0.1, -0.05) is 6.07 Å². The number of thioether (sulfide) groups is 1. The second-order valence-electron chi connectivity index (χ2n) is 6.46. The molecule has 0 aromatic heterocycles. The number of hydrogen-bond donors (Lipinski definition) is 0. The summed E-state index contributed by atoms with van der Waals surface area (Å²) >= 11 is 1.58. The van der Waals surface area contributed by atoms with Crippen molar-refractivity contribution in [1.82, 2.24) is 0 Å². The van der Waals surface area contributed by atoms with Crippen LogP contribution in [0, 0.1) is 0 Å². The highest BCUT2D eigenvalue weighted by atomic mass is 32.2. The molecule has 2 aromatic carbocycles. The lowest BCUT2D eigenvalue weighted by Crippen LogP contribution is -2.24. The molecule has 0 bridgehead atoms. The summed E-state index contributed by atoms with van der Waals surface area (Å²) in [7, 11) is 4.40. The minimum Gasteiger partial charge on any atom is -0.497 e. The van der Waals surface area contributed by atoms with Crippen molar-refractivity contribution < 1.29 is 23.8 Å². The quantitative estimate of drug-likeness (QED) is 0.391. The number of amides is 1. The molecule has 0 unspecified atom stereocenters. The normalized spacial score (nSPS) is 15.0. The van der Waals surface area contributed by atoms with Crippen LogP contribution in [0.5, 0.6) is 11.5 Å². The SMILES string of the molecule is COC(=O)C1=C(C)N(c2cccc(SC)c2)C(=O)/C1=C\c1ccc(OC)cc1OC. The van der Waals surface area contributed by atoms with Gasteiger partial charge in [-0.15, -0.1) is 11.8 Å². The van der Waals surface area contributed by atoms with Gasteiger partial charge >= 0.3 is 5.97 Å². The molecule has 7 heteroatoms. The van der Waals surface area contributed by atoms with E-state index in [1.165, 1.54) is 19.1 Å². The van der Waals surface area contributed by atoms with E-state index < -0.39 is 5.97 Å². The molecule has 1 aliphatic rings. The lowest BCUT2D eigenvalue weighted by molar-refractivity contribution is -0.136. The summed E-state index contributed by atoms with van der Waals surface area (Å²) in [4.78, 5) is 28.5. The highest BCUT2D eigenvalue weighted by Gasteiger charge is 2.38. The summed E-state index contributed by atoms with van der Waals surface area (Å²) < 4.78 is 15.6. The third-order valence-corrected chi connectivity index (χ3v) is 5.57. The van der Waals surface area contributed by atoms with E-state index >= 15 is 0 Å². The molecule has 0 saturated carbocycles. The zero-order chi connectivity index (χ0) is 21.8. The van der Waals surface area contributed by atoms with Crippen LogP contribution in [-0.4, -0.2) is 39.5 Å². The lowest BCUT2D eigenvalue weighted by atomic mass is 10.0. The molecule has 6 nitrogen and oxygen atoms in total. The molecule has 0 saturated heterocycles. The topological polar surface area (TPSA) is 65.1 Å². The molecule has 0 atom stereocenters. The highest BCUT2D eigenvalue weighted by molar-refractivity contribution is 7.98. The van der Waals surface area contributed by atoms with Crippen molar-refractivity contribution in [3.63, 3.8) is 0 Å². The molecule has 0 N–H and O–H groups in total. The van der Waals surface area contributed by atoms with Gasteiger partial charge in [-0.3, -0.25) is 9.69 Å². The molecule has 1 aliphatic heterocycles. The highest BCUT2D eigenvalue weighted by Crippen LogP contribution is 2.37. The van der Waals surface area contributed by atoms with E-state index in [9.17, 15) is 9.59 Å². The van der Waals surface area contributed by atoms with Crippen LogP contribution in [-0.2, 0) is 14.3 Å². The van der Waals surface area contributed by atoms with Crippen molar-refractivity contribution in [1.29, 1.82) is 0 Å². The second kappa shape index (κ2) is 9.09. The van der Waals surface area contributed by atoms with Gasteiger partial charge in [-0.05, 0) is 49.6 Å². The molecular weight excluding hydrogens is 402 g/mol. The number of rotatable bonds is 6. The monoisotopic (exact) mass is 425 g/mol. The van der Waals surface area contributed by atoms with Gasteiger partial charge in [0.05, 0.1) is 38.2 Å². The van der Waals surface area contributed by atoms with Crippen molar-refractivity contribution in [2.75, 3.05) is 32.5 Å². The Bertz CT molecular complexity index is 1060. The number of nitrogens with zero attached hydrogens (tertiary/aromatic N) is 1. The summed E-state index contributed by atoms with van der Waals surface area (Å²) in [5.74, 6) is 0.286. The van der Waals surface area contributed by atoms with Gasteiger partial charge in [0.1, 0.15) is 11.5 Å². The van der Waals surface area contributed by atoms with E-state index in [4.69, 9.17) is 14.2 Å². The summed E-state index contributed by atoms with van der Waals surface area (Å²) in [5, 5.41) is 0. The number of methoxy groups -OCH3 is 3. The predicted molar refractivity (Wildman–Crippen MR) is 118 cm³/mol. The maximum absolute atomic E-state index is 13.4. The summed E-state index contributed by atoms with van der Waals surface area (Å²) in [6.45, 7) is 1.74. The van der Waals surface area contributed by atoms with E-state index in [1.807, 2.05) is 30.5 Å². The largest absolute Gasteiger partial charge is 0.497 e. The van der Waals surface area contributed by atoms with E-state index in [-0.39, 0.29) is 17.1 Å². The summed E-state index contributed by atoms with van der Waals surface area (Å²) in [5.41, 5.74) is 2.34. The van der Waals surface area contributed by atoms with Crippen molar-refractivity contribution in [2.45, 2.75) is 11.8 Å². The van der Waals surface area contributed by atoms with E-state index in [1.54, 1.807) is 50.1 Å². The zero-order valence-corrected chi connectivity index (χ0v) is 18.3. The Kier molecular flexibility index (Phi) is 6.52. The predicted octanol–water partition coefficient (Wildman–Crippen LogP) is 4.30.